The van der Waals surface area contributed by atoms with E-state index < -0.39 is 6.55 Å². The first-order valence-electron chi connectivity index (χ1n) is 9.86. The van der Waals surface area contributed by atoms with E-state index in [9.17, 15) is 8.78 Å². The molecule has 9 heteroatoms. The summed E-state index contributed by atoms with van der Waals surface area (Å²) in [6, 6.07) is 8.25. The van der Waals surface area contributed by atoms with Crippen molar-refractivity contribution in [1.82, 2.24) is 25.1 Å². The molecule has 1 fully saturated rings. The molecule has 2 N–H and O–H groups in total. The van der Waals surface area contributed by atoms with Gasteiger partial charge < -0.3 is 15.4 Å². The number of rotatable bonds is 8. The summed E-state index contributed by atoms with van der Waals surface area (Å²) in [5.41, 5.74) is 2.38. The van der Waals surface area contributed by atoms with Crippen LogP contribution in [0.25, 0.3) is 0 Å². The van der Waals surface area contributed by atoms with Gasteiger partial charge in [-0.2, -0.15) is 8.78 Å². The summed E-state index contributed by atoms with van der Waals surface area (Å²) in [4.78, 5) is 11.0. The van der Waals surface area contributed by atoms with Crippen LogP contribution >= 0.6 is 0 Å². The largest absolute Gasteiger partial charge is 0.379 e. The molecule has 3 rings (SSSR count). The minimum absolute atomic E-state index is 0.165. The highest BCUT2D eigenvalue weighted by molar-refractivity contribution is 5.79. The van der Waals surface area contributed by atoms with Gasteiger partial charge in [0.1, 0.15) is 5.82 Å². The number of guanidine groups is 1. The van der Waals surface area contributed by atoms with E-state index >= 15 is 0 Å². The number of ether oxygens (including phenoxy) is 1. The van der Waals surface area contributed by atoms with Crippen molar-refractivity contribution in [1.29, 1.82) is 0 Å². The summed E-state index contributed by atoms with van der Waals surface area (Å²) in [7, 11) is 0. The van der Waals surface area contributed by atoms with Crippen molar-refractivity contribution < 1.29 is 13.5 Å². The molecule has 0 saturated carbocycles. The van der Waals surface area contributed by atoms with E-state index in [2.05, 4.69) is 37.6 Å². The Morgan fingerprint density at radius 1 is 1.21 bits per heavy atom. The Labute approximate surface area is 169 Å². The molecule has 2 aromatic rings. The lowest BCUT2D eigenvalue weighted by atomic mass is 10.1. The molecule has 2 heterocycles. The summed E-state index contributed by atoms with van der Waals surface area (Å²) >= 11 is 0. The molecule has 0 radical (unpaired) electrons. The van der Waals surface area contributed by atoms with Crippen molar-refractivity contribution in [2.75, 3.05) is 32.8 Å². The Morgan fingerprint density at radius 3 is 2.69 bits per heavy atom. The van der Waals surface area contributed by atoms with Gasteiger partial charge >= 0.3 is 6.55 Å². The van der Waals surface area contributed by atoms with Crippen LogP contribution in [0.1, 0.15) is 30.4 Å². The third-order valence-electron chi connectivity index (χ3n) is 4.74. The second-order valence-electron chi connectivity index (χ2n) is 6.73. The van der Waals surface area contributed by atoms with E-state index in [1.54, 1.807) is 0 Å². The summed E-state index contributed by atoms with van der Waals surface area (Å²) in [6.07, 6.45) is 2.64. The number of nitrogens with one attached hydrogen (secondary N) is 2. The van der Waals surface area contributed by atoms with E-state index in [4.69, 9.17) is 4.74 Å². The van der Waals surface area contributed by atoms with Crippen molar-refractivity contribution in [2.45, 2.75) is 33.1 Å². The van der Waals surface area contributed by atoms with Crippen molar-refractivity contribution in [3.63, 3.8) is 0 Å². The average Bonchev–Trinajstić information content (AvgIpc) is 3.21. The van der Waals surface area contributed by atoms with E-state index in [1.807, 2.05) is 19.1 Å². The topological polar surface area (TPSA) is 66.7 Å². The van der Waals surface area contributed by atoms with Gasteiger partial charge in [-0.15, -0.1) is 0 Å². The number of halogens is 2. The van der Waals surface area contributed by atoms with Crippen molar-refractivity contribution in [3.05, 3.63) is 53.6 Å². The van der Waals surface area contributed by atoms with Gasteiger partial charge in [-0.1, -0.05) is 24.3 Å². The number of imidazole rings is 1. The molecule has 1 aliphatic rings. The molecule has 0 spiro atoms. The zero-order chi connectivity index (χ0) is 20.5. The third-order valence-corrected chi connectivity index (χ3v) is 4.74. The van der Waals surface area contributed by atoms with Crippen LogP contribution in [0.3, 0.4) is 0 Å². The van der Waals surface area contributed by atoms with Gasteiger partial charge in [0.25, 0.3) is 0 Å². The highest BCUT2D eigenvalue weighted by Crippen LogP contribution is 2.14. The van der Waals surface area contributed by atoms with Crippen LogP contribution in [-0.2, 0) is 24.4 Å². The van der Waals surface area contributed by atoms with Gasteiger partial charge in [-0.25, -0.2) is 9.98 Å². The SMILES string of the molecule is CCNC(=NCc1ccccc1CN1CCOCC1)NCc1nccn1C(F)F. The lowest BCUT2D eigenvalue weighted by Crippen LogP contribution is -2.37. The summed E-state index contributed by atoms with van der Waals surface area (Å²) in [5, 5.41) is 6.24. The smallest absolute Gasteiger partial charge is 0.319 e. The molecule has 0 bridgehead atoms. The van der Waals surface area contributed by atoms with Gasteiger partial charge in [0, 0.05) is 38.6 Å². The van der Waals surface area contributed by atoms with Gasteiger partial charge in [0.15, 0.2) is 5.96 Å². The molecule has 29 heavy (non-hydrogen) atoms. The predicted molar refractivity (Wildman–Crippen MR) is 108 cm³/mol. The van der Waals surface area contributed by atoms with Crippen molar-refractivity contribution >= 4 is 5.96 Å². The Kier molecular flexibility index (Phi) is 7.94. The summed E-state index contributed by atoms with van der Waals surface area (Å²) in [5.74, 6) is 0.829. The molecule has 1 aliphatic heterocycles. The lowest BCUT2D eigenvalue weighted by Gasteiger charge is -2.27. The fourth-order valence-corrected chi connectivity index (χ4v) is 3.19. The highest BCUT2D eigenvalue weighted by atomic mass is 19.3. The second-order valence-corrected chi connectivity index (χ2v) is 6.73. The van der Waals surface area contributed by atoms with Crippen LogP contribution in [0, 0.1) is 0 Å². The molecule has 1 aromatic carbocycles. The van der Waals surface area contributed by atoms with Gasteiger partial charge in [0.2, 0.25) is 0 Å². The molecule has 0 atom stereocenters. The number of hydrogen-bond acceptors (Lipinski definition) is 4. The fraction of sp³-hybridized carbons (Fsp3) is 0.500. The van der Waals surface area contributed by atoms with Crippen LogP contribution in [0.2, 0.25) is 0 Å². The number of benzene rings is 1. The Bertz CT molecular complexity index is 789. The van der Waals surface area contributed by atoms with Gasteiger partial charge in [0.05, 0.1) is 26.3 Å². The average molecular weight is 406 g/mol. The standard InChI is InChI=1S/C20H28F2N6O/c1-2-23-20(26-14-18-24-7-8-28(18)19(21)22)25-13-16-5-3-4-6-17(16)15-27-9-11-29-12-10-27/h3-8,19H,2,9-15H2,1H3,(H2,23,25,26). The van der Waals surface area contributed by atoms with Crippen molar-refractivity contribution in [2.24, 2.45) is 4.99 Å². The summed E-state index contributed by atoms with van der Waals surface area (Å²) in [6.45, 7) is 4.95. The van der Waals surface area contributed by atoms with Crippen molar-refractivity contribution in [3.8, 4) is 0 Å². The number of alkyl halides is 2. The second kappa shape index (κ2) is 10.9. The van der Waals surface area contributed by atoms with E-state index in [0.29, 0.717) is 19.0 Å². The van der Waals surface area contributed by atoms with Gasteiger partial charge in [-0.05, 0) is 18.1 Å². The van der Waals surface area contributed by atoms with Crippen LogP contribution < -0.4 is 10.6 Å². The maximum Gasteiger partial charge on any atom is 0.319 e. The van der Waals surface area contributed by atoms with Crippen LogP contribution in [0.5, 0.6) is 0 Å². The zero-order valence-corrected chi connectivity index (χ0v) is 16.7. The first-order valence-corrected chi connectivity index (χ1v) is 9.86. The number of nitrogens with zero attached hydrogens (tertiary/aromatic N) is 4. The molecule has 1 saturated heterocycles. The zero-order valence-electron chi connectivity index (χ0n) is 16.7. The molecular formula is C20H28F2N6O. The Balaban J connectivity index is 1.64. The molecular weight excluding hydrogens is 378 g/mol. The number of aliphatic imine (C=N–C) groups is 1. The predicted octanol–water partition coefficient (Wildman–Crippen LogP) is 2.37. The van der Waals surface area contributed by atoms with E-state index in [1.165, 1.54) is 18.0 Å². The van der Waals surface area contributed by atoms with E-state index in [-0.39, 0.29) is 12.4 Å². The molecule has 0 unspecified atom stereocenters. The first kappa shape index (κ1) is 21.2. The Hall–Kier alpha value is -2.52. The maximum atomic E-state index is 13.0. The summed E-state index contributed by atoms with van der Waals surface area (Å²) < 4.78 is 32.2. The normalized spacial score (nSPS) is 15.7. The van der Waals surface area contributed by atoms with Crippen LogP contribution in [-0.4, -0.2) is 53.3 Å². The first-order chi connectivity index (χ1) is 14.2. The molecule has 1 aromatic heterocycles. The third kappa shape index (κ3) is 6.23. The maximum absolute atomic E-state index is 13.0. The molecule has 0 aliphatic carbocycles. The molecule has 0 amide bonds. The Morgan fingerprint density at radius 2 is 1.97 bits per heavy atom. The molecule has 7 nitrogen and oxygen atoms in total. The van der Waals surface area contributed by atoms with E-state index in [0.717, 1.165) is 43.0 Å². The monoisotopic (exact) mass is 406 g/mol. The van der Waals surface area contributed by atoms with Crippen LogP contribution in [0.4, 0.5) is 8.78 Å². The van der Waals surface area contributed by atoms with Gasteiger partial charge in [-0.3, -0.25) is 9.47 Å². The number of hydrogen-bond donors (Lipinski definition) is 2. The minimum Gasteiger partial charge on any atom is -0.379 e. The quantitative estimate of drug-likeness (QED) is 0.521. The number of morpholine rings is 1. The minimum atomic E-state index is -2.61. The lowest BCUT2D eigenvalue weighted by molar-refractivity contribution is 0.0341. The molecule has 158 valence electrons. The number of aromatic nitrogens is 2. The fourth-order valence-electron chi connectivity index (χ4n) is 3.19. The van der Waals surface area contributed by atoms with Crippen LogP contribution in [0.15, 0.2) is 41.7 Å². The highest BCUT2D eigenvalue weighted by Gasteiger charge is 2.13.